The molecule has 6 nitrogen and oxygen atoms in total. The molecule has 5 rings (SSSR count). The summed E-state index contributed by atoms with van der Waals surface area (Å²) in [5.41, 5.74) is 2.11. The Bertz CT molecular complexity index is 1510. The van der Waals surface area contributed by atoms with Crippen LogP contribution in [0.3, 0.4) is 0 Å². The molecule has 0 saturated carbocycles. The third-order valence-electron chi connectivity index (χ3n) is 5.96. The second kappa shape index (κ2) is 7.93. The van der Waals surface area contributed by atoms with Gasteiger partial charge in [-0.05, 0) is 60.9 Å². The number of carbonyl (C=O) groups excluding carboxylic acids is 1. The number of aromatic hydroxyl groups is 1. The fourth-order valence-corrected chi connectivity index (χ4v) is 6.00. The Morgan fingerprint density at radius 3 is 2.39 bits per heavy atom. The molecule has 0 spiro atoms. The number of aryl methyl sites for hydroxylation is 1. The zero-order chi connectivity index (χ0) is 23.3. The van der Waals surface area contributed by atoms with Crippen molar-refractivity contribution in [3.8, 4) is 17.0 Å². The van der Waals surface area contributed by atoms with Crippen LogP contribution in [0.4, 0.5) is 0 Å². The topological polar surface area (TPSA) is 79.6 Å². The molecule has 1 N–H and O–H groups in total. The van der Waals surface area contributed by atoms with Gasteiger partial charge in [0.2, 0.25) is 0 Å². The summed E-state index contributed by atoms with van der Waals surface area (Å²) in [4.78, 5) is 14.2. The Hall–Kier alpha value is -3.29. The molecule has 0 bridgehead atoms. The van der Waals surface area contributed by atoms with Crippen LogP contribution in [0.2, 0.25) is 5.02 Å². The molecule has 168 valence electrons. The van der Waals surface area contributed by atoms with Gasteiger partial charge < -0.3 is 10.0 Å². The summed E-state index contributed by atoms with van der Waals surface area (Å²) >= 11 is 6.17. The van der Waals surface area contributed by atoms with Gasteiger partial charge in [-0.15, -0.1) is 0 Å². The summed E-state index contributed by atoms with van der Waals surface area (Å²) in [6.45, 7) is 2.87. The van der Waals surface area contributed by atoms with E-state index in [-0.39, 0.29) is 22.1 Å². The average molecular weight is 481 g/mol. The molecule has 2 heterocycles. The van der Waals surface area contributed by atoms with Crippen molar-refractivity contribution in [3.05, 3.63) is 82.9 Å². The number of phenols is 1. The highest BCUT2D eigenvalue weighted by Crippen LogP contribution is 2.37. The summed E-state index contributed by atoms with van der Waals surface area (Å²) in [5.74, 6) is -0.613. The number of benzene rings is 3. The molecule has 0 radical (unpaired) electrons. The van der Waals surface area contributed by atoms with E-state index in [0.717, 1.165) is 6.42 Å². The average Bonchev–Trinajstić information content (AvgIpc) is 3.14. The van der Waals surface area contributed by atoms with Gasteiger partial charge in [-0.3, -0.25) is 4.79 Å². The van der Waals surface area contributed by atoms with Crippen LogP contribution in [-0.2, 0) is 10.0 Å². The largest absolute Gasteiger partial charge is 0.506 e. The Morgan fingerprint density at radius 1 is 1.00 bits per heavy atom. The van der Waals surface area contributed by atoms with Crippen molar-refractivity contribution >= 4 is 38.4 Å². The normalized spacial score (nSPS) is 13.8. The molecular weight excluding hydrogens is 460 g/mol. The van der Waals surface area contributed by atoms with Crippen LogP contribution >= 0.6 is 11.6 Å². The third-order valence-corrected chi connectivity index (χ3v) is 7.94. The van der Waals surface area contributed by atoms with Gasteiger partial charge in [0.05, 0.1) is 11.2 Å². The smallest absolute Gasteiger partial charge is 0.272 e. The van der Waals surface area contributed by atoms with Gasteiger partial charge >= 0.3 is 0 Å². The molecule has 0 unspecified atom stereocenters. The SMILES string of the molecule is Cc1cc(C(=O)N2CCC2)cc(S(=O)(=O)n2c(-c3ccccc3)cc3cc(Cl)ccc32)c1O. The van der Waals surface area contributed by atoms with Crippen LogP contribution in [0, 0.1) is 6.92 Å². The van der Waals surface area contributed by atoms with Gasteiger partial charge in [-0.2, -0.15) is 0 Å². The highest BCUT2D eigenvalue weighted by Gasteiger charge is 2.30. The number of amides is 1. The Labute approximate surface area is 196 Å². The number of phenolic OH excluding ortho intramolecular Hbond substituents is 1. The van der Waals surface area contributed by atoms with Crippen LogP contribution in [-0.4, -0.2) is 41.4 Å². The standard InChI is InChI=1S/C25H21ClN2O4S/c1-16-12-19(25(30)27-10-5-11-27)15-23(24(16)29)33(31,32)28-21-9-8-20(26)13-18(21)14-22(28)17-6-3-2-4-7-17/h2-4,6-9,12-15,29H,5,10-11H2,1H3. The fourth-order valence-electron chi connectivity index (χ4n) is 4.10. The van der Waals surface area contributed by atoms with Gasteiger partial charge in [-0.25, -0.2) is 12.4 Å². The summed E-state index contributed by atoms with van der Waals surface area (Å²) in [6.07, 6.45) is 0.923. The predicted octanol–water partition coefficient (Wildman–Crippen LogP) is 5.06. The molecule has 1 aliphatic heterocycles. The van der Waals surface area contributed by atoms with E-state index in [4.69, 9.17) is 11.6 Å². The molecule has 0 aliphatic carbocycles. The number of halogens is 1. The maximum absolute atomic E-state index is 14.0. The molecule has 4 aromatic rings. The number of rotatable bonds is 4. The number of likely N-dealkylation sites (tertiary alicyclic amines) is 1. The minimum atomic E-state index is -4.28. The zero-order valence-electron chi connectivity index (χ0n) is 17.8. The summed E-state index contributed by atoms with van der Waals surface area (Å²) in [6, 6.07) is 18.7. The van der Waals surface area contributed by atoms with E-state index in [1.54, 1.807) is 36.1 Å². The van der Waals surface area contributed by atoms with E-state index in [1.807, 2.05) is 30.3 Å². The van der Waals surface area contributed by atoms with Crippen LogP contribution in [0.5, 0.6) is 5.75 Å². The number of hydrogen-bond donors (Lipinski definition) is 1. The van der Waals surface area contributed by atoms with E-state index >= 15 is 0 Å². The monoisotopic (exact) mass is 480 g/mol. The first-order valence-electron chi connectivity index (χ1n) is 10.5. The van der Waals surface area contributed by atoms with Gasteiger partial charge in [0, 0.05) is 29.1 Å². The van der Waals surface area contributed by atoms with Gasteiger partial charge in [0.25, 0.3) is 15.9 Å². The highest BCUT2D eigenvalue weighted by atomic mass is 35.5. The maximum atomic E-state index is 14.0. The molecule has 1 amide bonds. The van der Waals surface area contributed by atoms with Crippen molar-refractivity contribution in [2.24, 2.45) is 0 Å². The Morgan fingerprint density at radius 2 is 1.73 bits per heavy atom. The number of nitrogens with zero attached hydrogens (tertiary/aromatic N) is 2. The van der Waals surface area contributed by atoms with E-state index in [1.165, 1.54) is 16.1 Å². The second-order valence-corrected chi connectivity index (χ2v) is 10.3. The summed E-state index contributed by atoms with van der Waals surface area (Å²) in [5, 5.41) is 11.9. The Balaban J connectivity index is 1.77. The van der Waals surface area contributed by atoms with Crippen molar-refractivity contribution in [1.82, 2.24) is 8.87 Å². The molecule has 1 fully saturated rings. The second-order valence-electron chi connectivity index (χ2n) is 8.15. The molecule has 1 aliphatic rings. The summed E-state index contributed by atoms with van der Waals surface area (Å²) in [7, 11) is -4.28. The lowest BCUT2D eigenvalue weighted by molar-refractivity contribution is 0.0651. The van der Waals surface area contributed by atoms with E-state index < -0.39 is 10.0 Å². The number of aromatic nitrogens is 1. The van der Waals surface area contributed by atoms with Crippen molar-refractivity contribution in [2.45, 2.75) is 18.2 Å². The first-order chi connectivity index (χ1) is 15.8. The zero-order valence-corrected chi connectivity index (χ0v) is 19.4. The molecule has 8 heteroatoms. The van der Waals surface area contributed by atoms with Crippen LogP contribution < -0.4 is 0 Å². The van der Waals surface area contributed by atoms with Crippen molar-refractivity contribution in [2.75, 3.05) is 13.1 Å². The summed E-state index contributed by atoms with van der Waals surface area (Å²) < 4.78 is 29.3. The minimum absolute atomic E-state index is 0.240. The van der Waals surface area contributed by atoms with Gasteiger partial charge in [0.15, 0.2) is 0 Å². The predicted molar refractivity (Wildman–Crippen MR) is 128 cm³/mol. The molecule has 1 saturated heterocycles. The van der Waals surface area contributed by atoms with E-state index in [2.05, 4.69) is 0 Å². The quantitative estimate of drug-likeness (QED) is 0.443. The molecule has 3 aromatic carbocycles. The highest BCUT2D eigenvalue weighted by molar-refractivity contribution is 7.90. The molecule has 1 aromatic heterocycles. The van der Waals surface area contributed by atoms with Crippen LogP contribution in [0.1, 0.15) is 22.3 Å². The Kier molecular flexibility index (Phi) is 5.18. The lowest BCUT2D eigenvalue weighted by Crippen LogP contribution is -2.42. The van der Waals surface area contributed by atoms with Crippen molar-refractivity contribution in [3.63, 3.8) is 0 Å². The van der Waals surface area contributed by atoms with Crippen molar-refractivity contribution in [1.29, 1.82) is 0 Å². The molecule has 33 heavy (non-hydrogen) atoms. The number of fused-ring (bicyclic) bond motifs is 1. The minimum Gasteiger partial charge on any atom is -0.506 e. The van der Waals surface area contributed by atoms with Gasteiger partial charge in [-0.1, -0.05) is 41.9 Å². The molecular formula is C25H21ClN2O4S. The number of hydrogen-bond acceptors (Lipinski definition) is 4. The lowest BCUT2D eigenvalue weighted by atomic mass is 10.1. The van der Waals surface area contributed by atoms with E-state index in [0.29, 0.717) is 45.8 Å². The third kappa shape index (κ3) is 3.57. The lowest BCUT2D eigenvalue weighted by Gasteiger charge is -2.31. The maximum Gasteiger partial charge on any atom is 0.272 e. The number of carbonyl (C=O) groups is 1. The first kappa shape index (κ1) is 21.6. The van der Waals surface area contributed by atoms with Crippen LogP contribution in [0.15, 0.2) is 71.6 Å². The first-order valence-corrected chi connectivity index (χ1v) is 12.3. The van der Waals surface area contributed by atoms with Crippen molar-refractivity contribution < 1.29 is 18.3 Å². The van der Waals surface area contributed by atoms with E-state index in [9.17, 15) is 18.3 Å². The van der Waals surface area contributed by atoms with Gasteiger partial charge in [0.1, 0.15) is 10.6 Å². The molecule has 0 atom stereocenters. The fraction of sp³-hybridized carbons (Fsp3) is 0.160. The van der Waals surface area contributed by atoms with Crippen LogP contribution in [0.25, 0.3) is 22.2 Å².